The molecule has 0 aliphatic carbocycles. The molecule has 0 aromatic rings. The largest absolute Gasteiger partial charge is 0.437 e. The Hall–Kier alpha value is -0.585. The van der Waals surface area contributed by atoms with Gasteiger partial charge in [0.15, 0.2) is 0 Å². The smallest absolute Gasteiger partial charge is 0.376 e. The molecule has 1 atom stereocenters. The lowest BCUT2D eigenvalue weighted by atomic mass is 9.81. The standard InChI is InChI=1S/C13H26BN3O2/c1-14(19)16-9-6-11(7-10-16)17-8-4-3-5-12(17)13(18)15-2/h11-12,19H,3-10H2,1-2H3,(H,15,18). The molecule has 2 fully saturated rings. The maximum absolute atomic E-state index is 12.0. The molecular formula is C13H26BN3O2. The van der Waals surface area contributed by atoms with E-state index in [1.807, 2.05) is 6.82 Å². The van der Waals surface area contributed by atoms with Gasteiger partial charge in [0.05, 0.1) is 6.04 Å². The van der Waals surface area contributed by atoms with Gasteiger partial charge in [0.2, 0.25) is 5.91 Å². The zero-order valence-electron chi connectivity index (χ0n) is 12.1. The quantitative estimate of drug-likeness (QED) is 0.715. The normalized spacial score (nSPS) is 27.2. The molecule has 2 aliphatic heterocycles. The summed E-state index contributed by atoms with van der Waals surface area (Å²) in [5.41, 5.74) is 0. The van der Waals surface area contributed by atoms with Crippen molar-refractivity contribution in [1.29, 1.82) is 0 Å². The third kappa shape index (κ3) is 3.49. The fourth-order valence-corrected chi connectivity index (χ4v) is 3.43. The Labute approximate surface area is 116 Å². The lowest BCUT2D eigenvalue weighted by Gasteiger charge is -2.44. The number of piperidine rings is 2. The van der Waals surface area contributed by atoms with Crippen LogP contribution in [0.3, 0.4) is 0 Å². The number of nitrogens with zero attached hydrogens (tertiary/aromatic N) is 2. The van der Waals surface area contributed by atoms with Crippen LogP contribution in [0.4, 0.5) is 0 Å². The van der Waals surface area contributed by atoms with Crippen molar-refractivity contribution in [2.75, 3.05) is 26.7 Å². The first kappa shape index (κ1) is 14.8. The van der Waals surface area contributed by atoms with E-state index in [1.165, 1.54) is 6.42 Å². The molecule has 2 saturated heterocycles. The predicted molar refractivity (Wildman–Crippen MR) is 76.8 cm³/mol. The van der Waals surface area contributed by atoms with Gasteiger partial charge in [-0.15, -0.1) is 0 Å². The van der Waals surface area contributed by atoms with Crippen molar-refractivity contribution in [3.63, 3.8) is 0 Å². The number of hydrogen-bond acceptors (Lipinski definition) is 4. The molecule has 0 aromatic heterocycles. The molecule has 0 bridgehead atoms. The molecule has 0 aromatic carbocycles. The number of rotatable bonds is 3. The van der Waals surface area contributed by atoms with Gasteiger partial charge in [0.1, 0.15) is 0 Å². The molecular weight excluding hydrogens is 241 g/mol. The van der Waals surface area contributed by atoms with E-state index in [9.17, 15) is 9.82 Å². The minimum atomic E-state index is -0.350. The Morgan fingerprint density at radius 3 is 2.47 bits per heavy atom. The third-order valence-electron chi connectivity index (χ3n) is 4.59. The van der Waals surface area contributed by atoms with Crippen molar-refractivity contribution in [2.24, 2.45) is 0 Å². The van der Waals surface area contributed by atoms with Crippen molar-refractivity contribution in [2.45, 2.75) is 51.0 Å². The zero-order valence-corrected chi connectivity index (χ0v) is 12.1. The second kappa shape index (κ2) is 6.73. The molecule has 2 rings (SSSR count). The van der Waals surface area contributed by atoms with Gasteiger partial charge >= 0.3 is 7.05 Å². The molecule has 6 heteroatoms. The zero-order chi connectivity index (χ0) is 13.8. The van der Waals surface area contributed by atoms with Crippen molar-refractivity contribution in [1.82, 2.24) is 15.0 Å². The molecule has 1 amide bonds. The van der Waals surface area contributed by atoms with E-state index in [2.05, 4.69) is 15.0 Å². The van der Waals surface area contributed by atoms with Crippen LogP contribution in [0.5, 0.6) is 0 Å². The summed E-state index contributed by atoms with van der Waals surface area (Å²) in [6.45, 7) is 4.73. The minimum Gasteiger partial charge on any atom is -0.437 e. The summed E-state index contributed by atoms with van der Waals surface area (Å²) in [5, 5.41) is 12.4. The van der Waals surface area contributed by atoms with Crippen molar-refractivity contribution in [3.05, 3.63) is 0 Å². The molecule has 0 spiro atoms. The van der Waals surface area contributed by atoms with Crippen LogP contribution in [0.1, 0.15) is 32.1 Å². The third-order valence-corrected chi connectivity index (χ3v) is 4.59. The van der Waals surface area contributed by atoms with E-state index in [1.54, 1.807) is 7.05 Å². The lowest BCUT2D eigenvalue weighted by Crippen LogP contribution is -2.56. The first-order valence-electron chi connectivity index (χ1n) is 7.53. The van der Waals surface area contributed by atoms with Crippen LogP contribution in [0.2, 0.25) is 6.82 Å². The minimum absolute atomic E-state index is 0.0573. The molecule has 2 heterocycles. The van der Waals surface area contributed by atoms with Crippen LogP contribution in [0, 0.1) is 0 Å². The molecule has 1 unspecified atom stereocenters. The summed E-state index contributed by atoms with van der Waals surface area (Å²) < 4.78 is 0. The molecule has 2 N–H and O–H groups in total. The molecule has 5 nitrogen and oxygen atoms in total. The topological polar surface area (TPSA) is 55.8 Å². The SMILES string of the molecule is CNC(=O)C1CCCCN1C1CCN(B(C)O)CC1. The fraction of sp³-hybridized carbons (Fsp3) is 0.923. The average molecular weight is 267 g/mol. The number of carbonyl (C=O) groups is 1. The van der Waals surface area contributed by atoms with Crippen LogP contribution in [0.25, 0.3) is 0 Å². The Kier molecular flexibility index (Phi) is 5.24. The Balaban J connectivity index is 1.94. The van der Waals surface area contributed by atoms with Gasteiger partial charge in [-0.1, -0.05) is 6.42 Å². The van der Waals surface area contributed by atoms with Gasteiger partial charge < -0.3 is 15.2 Å². The van der Waals surface area contributed by atoms with Gasteiger partial charge in [-0.25, -0.2) is 0 Å². The first-order chi connectivity index (χ1) is 9.13. The summed E-state index contributed by atoms with van der Waals surface area (Å²) >= 11 is 0. The Morgan fingerprint density at radius 2 is 1.89 bits per heavy atom. The highest BCUT2D eigenvalue weighted by atomic mass is 16.2. The average Bonchev–Trinajstić information content (AvgIpc) is 2.46. The van der Waals surface area contributed by atoms with Gasteiger partial charge in [-0.3, -0.25) is 9.69 Å². The maximum atomic E-state index is 12.0. The van der Waals surface area contributed by atoms with Gasteiger partial charge in [0.25, 0.3) is 0 Å². The number of likely N-dealkylation sites (N-methyl/N-ethyl adjacent to an activating group) is 1. The maximum Gasteiger partial charge on any atom is 0.376 e. The molecule has 108 valence electrons. The van der Waals surface area contributed by atoms with Crippen molar-refractivity contribution < 1.29 is 9.82 Å². The van der Waals surface area contributed by atoms with Crippen LogP contribution in [0.15, 0.2) is 0 Å². The second-order valence-electron chi connectivity index (χ2n) is 5.76. The van der Waals surface area contributed by atoms with E-state index in [0.29, 0.717) is 6.04 Å². The summed E-state index contributed by atoms with van der Waals surface area (Å²) in [6, 6.07) is 0.555. The first-order valence-corrected chi connectivity index (χ1v) is 7.53. The van der Waals surface area contributed by atoms with E-state index in [-0.39, 0.29) is 19.0 Å². The van der Waals surface area contributed by atoms with E-state index in [4.69, 9.17) is 0 Å². The van der Waals surface area contributed by atoms with Crippen LogP contribution < -0.4 is 5.32 Å². The van der Waals surface area contributed by atoms with Crippen molar-refractivity contribution >= 4 is 13.0 Å². The molecule has 19 heavy (non-hydrogen) atoms. The molecule has 0 saturated carbocycles. The van der Waals surface area contributed by atoms with E-state index < -0.39 is 0 Å². The number of nitrogens with one attached hydrogen (secondary N) is 1. The van der Waals surface area contributed by atoms with E-state index in [0.717, 1.165) is 45.3 Å². The molecule has 2 aliphatic rings. The predicted octanol–water partition coefficient (Wildman–Crippen LogP) is 0.162. The highest BCUT2D eigenvalue weighted by Crippen LogP contribution is 2.25. The number of amides is 1. The highest BCUT2D eigenvalue weighted by Gasteiger charge is 2.35. The fourth-order valence-electron chi connectivity index (χ4n) is 3.43. The summed E-state index contributed by atoms with van der Waals surface area (Å²) in [6.07, 6.45) is 5.44. The van der Waals surface area contributed by atoms with Crippen molar-refractivity contribution in [3.8, 4) is 0 Å². The Morgan fingerprint density at radius 1 is 1.21 bits per heavy atom. The Bertz CT molecular complexity index is 306. The number of likely N-dealkylation sites (tertiary alicyclic amines) is 1. The molecule has 0 radical (unpaired) electrons. The van der Waals surface area contributed by atoms with E-state index >= 15 is 0 Å². The van der Waals surface area contributed by atoms with Crippen LogP contribution in [-0.4, -0.2) is 66.5 Å². The van der Waals surface area contributed by atoms with Crippen LogP contribution >= 0.6 is 0 Å². The van der Waals surface area contributed by atoms with Gasteiger partial charge in [-0.2, -0.15) is 0 Å². The summed E-state index contributed by atoms with van der Waals surface area (Å²) in [7, 11) is 1.38. The second-order valence-corrected chi connectivity index (χ2v) is 5.76. The van der Waals surface area contributed by atoms with Gasteiger partial charge in [0, 0.05) is 13.1 Å². The van der Waals surface area contributed by atoms with Gasteiger partial charge in [-0.05, 0) is 52.1 Å². The number of carbonyl (C=O) groups excluding carboxylic acids is 1. The lowest BCUT2D eigenvalue weighted by molar-refractivity contribution is -0.128. The highest BCUT2D eigenvalue weighted by molar-refractivity contribution is 6.45. The number of hydrogen-bond donors (Lipinski definition) is 2. The summed E-state index contributed by atoms with van der Waals surface area (Å²) in [4.78, 5) is 16.5. The monoisotopic (exact) mass is 267 g/mol. The van der Waals surface area contributed by atoms with Crippen LogP contribution in [-0.2, 0) is 4.79 Å². The summed E-state index contributed by atoms with van der Waals surface area (Å²) in [5.74, 6) is 0.164.